The number of hydrogen-bond donors (Lipinski definition) is 2. The molecule has 0 saturated carbocycles. The van der Waals surface area contributed by atoms with E-state index in [9.17, 15) is 4.79 Å². The maximum Gasteiger partial charge on any atom is 0.224 e. The van der Waals surface area contributed by atoms with Crippen molar-refractivity contribution in [2.24, 2.45) is 0 Å². The molecular formula is C19H20N2O2S2. The SMILES string of the molecule is Cc1ccc(OCCCC(=O)Nc2ccc3sc(=S)[nH]c3c2)c(C)c1. The number of fused-ring (bicyclic) bond motifs is 1. The number of ether oxygens (including phenoxy) is 1. The first-order valence-corrected chi connectivity index (χ1v) is 9.36. The van der Waals surface area contributed by atoms with Crippen LogP contribution in [-0.4, -0.2) is 17.5 Å². The molecule has 0 aliphatic heterocycles. The largest absolute Gasteiger partial charge is 0.493 e. The normalized spacial score (nSPS) is 10.8. The zero-order valence-electron chi connectivity index (χ0n) is 14.2. The number of aryl methyl sites for hydroxylation is 2. The molecule has 0 atom stereocenters. The summed E-state index contributed by atoms with van der Waals surface area (Å²) in [6.07, 6.45) is 1.09. The predicted molar refractivity (Wildman–Crippen MR) is 106 cm³/mol. The van der Waals surface area contributed by atoms with Crippen molar-refractivity contribution >= 4 is 45.4 Å². The summed E-state index contributed by atoms with van der Waals surface area (Å²) in [5, 5.41) is 2.92. The number of carbonyl (C=O) groups is 1. The third-order valence-electron chi connectivity index (χ3n) is 3.84. The Morgan fingerprint density at radius 2 is 2.08 bits per heavy atom. The fraction of sp³-hybridized carbons (Fsp3) is 0.263. The molecule has 0 fully saturated rings. The smallest absolute Gasteiger partial charge is 0.224 e. The standard InChI is InChI=1S/C19H20N2O2S2/c1-12-5-7-16(13(2)10-12)23-9-3-4-18(22)20-14-6-8-17-15(11-14)21-19(24)25-17/h5-8,10-11H,3-4,9H2,1-2H3,(H,20,22)(H,21,24). The van der Waals surface area contributed by atoms with Crippen LogP contribution in [0, 0.1) is 17.8 Å². The van der Waals surface area contributed by atoms with Gasteiger partial charge >= 0.3 is 0 Å². The van der Waals surface area contributed by atoms with Crippen molar-refractivity contribution in [3.8, 4) is 5.75 Å². The summed E-state index contributed by atoms with van der Waals surface area (Å²) < 4.78 is 7.58. The highest BCUT2D eigenvalue weighted by Crippen LogP contribution is 2.23. The van der Waals surface area contributed by atoms with Crippen LogP contribution >= 0.6 is 23.6 Å². The van der Waals surface area contributed by atoms with Crippen molar-refractivity contribution in [2.75, 3.05) is 11.9 Å². The van der Waals surface area contributed by atoms with Crippen LogP contribution in [0.1, 0.15) is 24.0 Å². The lowest BCUT2D eigenvalue weighted by atomic mass is 10.1. The average Bonchev–Trinajstić information content (AvgIpc) is 2.92. The fourth-order valence-corrected chi connectivity index (χ4v) is 3.73. The van der Waals surface area contributed by atoms with Gasteiger partial charge in [-0.3, -0.25) is 4.79 Å². The number of thiazole rings is 1. The molecule has 3 aromatic rings. The quantitative estimate of drug-likeness (QED) is 0.451. The number of H-pyrrole nitrogens is 1. The van der Waals surface area contributed by atoms with E-state index in [0.29, 0.717) is 19.4 Å². The zero-order valence-corrected chi connectivity index (χ0v) is 15.9. The lowest BCUT2D eigenvalue weighted by molar-refractivity contribution is -0.116. The van der Waals surface area contributed by atoms with Crippen molar-refractivity contribution in [1.29, 1.82) is 0 Å². The minimum Gasteiger partial charge on any atom is -0.493 e. The van der Waals surface area contributed by atoms with E-state index in [0.717, 1.165) is 31.2 Å². The number of hydrogen-bond acceptors (Lipinski definition) is 4. The second-order valence-corrected chi connectivity index (χ2v) is 7.71. The summed E-state index contributed by atoms with van der Waals surface area (Å²) in [7, 11) is 0. The summed E-state index contributed by atoms with van der Waals surface area (Å²) in [6.45, 7) is 4.61. The molecule has 0 bridgehead atoms. The Morgan fingerprint density at radius 3 is 2.88 bits per heavy atom. The number of rotatable bonds is 6. The van der Waals surface area contributed by atoms with Crippen LogP contribution in [0.3, 0.4) is 0 Å². The first kappa shape index (κ1) is 17.6. The molecule has 0 aliphatic carbocycles. The Balaban J connectivity index is 1.48. The van der Waals surface area contributed by atoms with Gasteiger partial charge in [0.2, 0.25) is 5.91 Å². The Labute approximate surface area is 155 Å². The van der Waals surface area contributed by atoms with Gasteiger partial charge in [0.1, 0.15) is 5.75 Å². The fourth-order valence-electron chi connectivity index (χ4n) is 2.63. The minimum absolute atomic E-state index is 0.0163. The van der Waals surface area contributed by atoms with Crippen molar-refractivity contribution in [1.82, 2.24) is 4.98 Å². The van der Waals surface area contributed by atoms with Gasteiger partial charge in [0.25, 0.3) is 0 Å². The first-order valence-electron chi connectivity index (χ1n) is 8.14. The molecule has 0 radical (unpaired) electrons. The highest BCUT2D eigenvalue weighted by atomic mass is 32.1. The molecule has 1 heterocycles. The molecule has 130 valence electrons. The van der Waals surface area contributed by atoms with E-state index in [1.807, 2.05) is 37.3 Å². The van der Waals surface area contributed by atoms with Crippen molar-refractivity contribution < 1.29 is 9.53 Å². The topological polar surface area (TPSA) is 54.1 Å². The van der Waals surface area contributed by atoms with Crippen molar-refractivity contribution in [2.45, 2.75) is 26.7 Å². The number of carbonyl (C=O) groups excluding carboxylic acids is 1. The van der Waals surface area contributed by atoms with E-state index in [1.165, 1.54) is 16.9 Å². The Hall–Kier alpha value is -2.18. The third kappa shape index (κ3) is 4.67. The van der Waals surface area contributed by atoms with E-state index < -0.39 is 0 Å². The summed E-state index contributed by atoms with van der Waals surface area (Å²) in [4.78, 5) is 15.2. The molecule has 2 N–H and O–H groups in total. The third-order valence-corrected chi connectivity index (χ3v) is 5.05. The van der Waals surface area contributed by atoms with Gasteiger partial charge in [-0.25, -0.2) is 0 Å². The highest BCUT2D eigenvalue weighted by molar-refractivity contribution is 7.73. The first-order chi connectivity index (χ1) is 12.0. The summed E-state index contributed by atoms with van der Waals surface area (Å²) in [5.41, 5.74) is 4.06. The number of anilines is 1. The van der Waals surface area contributed by atoms with Crippen LogP contribution < -0.4 is 10.1 Å². The molecular weight excluding hydrogens is 352 g/mol. The van der Waals surface area contributed by atoms with Gasteiger partial charge in [0.05, 0.1) is 16.8 Å². The predicted octanol–water partition coefficient (Wildman–Crippen LogP) is 5.37. The lowest BCUT2D eigenvalue weighted by Gasteiger charge is -2.10. The molecule has 0 saturated heterocycles. The summed E-state index contributed by atoms with van der Waals surface area (Å²) >= 11 is 6.66. The second-order valence-electron chi connectivity index (χ2n) is 5.99. The molecule has 1 aromatic heterocycles. The van der Waals surface area contributed by atoms with E-state index in [2.05, 4.69) is 23.3 Å². The van der Waals surface area contributed by atoms with E-state index in [4.69, 9.17) is 17.0 Å². The van der Waals surface area contributed by atoms with Gasteiger partial charge in [-0.1, -0.05) is 17.7 Å². The molecule has 2 aromatic carbocycles. The molecule has 0 spiro atoms. The van der Waals surface area contributed by atoms with Gasteiger partial charge in [0, 0.05) is 12.1 Å². The number of aromatic amines is 1. The van der Waals surface area contributed by atoms with Crippen LogP contribution in [0.2, 0.25) is 0 Å². The second kappa shape index (κ2) is 7.80. The highest BCUT2D eigenvalue weighted by Gasteiger charge is 2.05. The number of amides is 1. The average molecular weight is 373 g/mol. The van der Waals surface area contributed by atoms with Gasteiger partial charge in [-0.05, 0) is 62.3 Å². The van der Waals surface area contributed by atoms with Gasteiger partial charge in [0.15, 0.2) is 3.95 Å². The maximum absolute atomic E-state index is 12.1. The molecule has 6 heteroatoms. The van der Waals surface area contributed by atoms with Crippen LogP contribution in [0.5, 0.6) is 5.75 Å². The number of nitrogens with one attached hydrogen (secondary N) is 2. The monoisotopic (exact) mass is 372 g/mol. The Bertz CT molecular complexity index is 959. The Kier molecular flexibility index (Phi) is 5.50. The number of aromatic nitrogens is 1. The van der Waals surface area contributed by atoms with E-state index >= 15 is 0 Å². The number of benzene rings is 2. The van der Waals surface area contributed by atoms with Crippen LogP contribution in [-0.2, 0) is 4.79 Å². The van der Waals surface area contributed by atoms with Gasteiger partial charge in [-0.2, -0.15) is 0 Å². The van der Waals surface area contributed by atoms with E-state index in [1.54, 1.807) is 0 Å². The van der Waals surface area contributed by atoms with Crippen LogP contribution in [0.4, 0.5) is 5.69 Å². The summed E-state index contributed by atoms with van der Waals surface area (Å²) in [6, 6.07) is 11.9. The molecule has 0 unspecified atom stereocenters. The van der Waals surface area contributed by atoms with Gasteiger partial charge in [-0.15, -0.1) is 11.3 Å². The molecule has 0 aliphatic rings. The van der Waals surface area contributed by atoms with E-state index in [-0.39, 0.29) is 5.91 Å². The lowest BCUT2D eigenvalue weighted by Crippen LogP contribution is -2.12. The maximum atomic E-state index is 12.1. The molecule has 25 heavy (non-hydrogen) atoms. The molecule has 1 amide bonds. The zero-order chi connectivity index (χ0) is 17.8. The van der Waals surface area contributed by atoms with Crippen molar-refractivity contribution in [3.05, 3.63) is 51.5 Å². The van der Waals surface area contributed by atoms with Gasteiger partial charge < -0.3 is 15.0 Å². The van der Waals surface area contributed by atoms with Crippen LogP contribution in [0.15, 0.2) is 36.4 Å². The minimum atomic E-state index is -0.0163. The Morgan fingerprint density at radius 1 is 1.24 bits per heavy atom. The van der Waals surface area contributed by atoms with Crippen molar-refractivity contribution in [3.63, 3.8) is 0 Å². The summed E-state index contributed by atoms with van der Waals surface area (Å²) in [5.74, 6) is 0.863. The molecule has 3 rings (SSSR count). The van der Waals surface area contributed by atoms with Crippen LogP contribution in [0.25, 0.3) is 10.2 Å². The molecule has 4 nitrogen and oxygen atoms in total.